The van der Waals surface area contributed by atoms with Gasteiger partial charge >= 0.3 is 5.69 Å². The number of carbonyl (C=O) groups is 1. The molecule has 2 aliphatic rings. The fourth-order valence-corrected chi connectivity index (χ4v) is 5.51. The quantitative estimate of drug-likeness (QED) is 0.690. The number of nitrogens with zero attached hydrogens (tertiary/aromatic N) is 1. The van der Waals surface area contributed by atoms with E-state index >= 15 is 0 Å². The number of hydrogen-bond donors (Lipinski definition) is 3. The average molecular weight is 399 g/mol. The number of primary amides is 1. The number of nitrogens with two attached hydrogens (primary N) is 1. The third kappa shape index (κ3) is 4.42. The predicted molar refractivity (Wildman–Crippen MR) is 116 cm³/mol. The maximum Gasteiger partial charge on any atom is 0.326 e. The fraction of sp³-hybridized carbons (Fsp3) is 0.652. The van der Waals surface area contributed by atoms with Gasteiger partial charge in [0, 0.05) is 23.7 Å². The fourth-order valence-electron chi connectivity index (χ4n) is 5.51. The lowest BCUT2D eigenvalue weighted by Crippen LogP contribution is -2.43. The van der Waals surface area contributed by atoms with Gasteiger partial charge in [0.15, 0.2) is 0 Å². The number of aromatic nitrogens is 2. The van der Waals surface area contributed by atoms with E-state index in [0.29, 0.717) is 23.2 Å². The number of H-pyrrole nitrogens is 1. The number of hydrogen-bond acceptors (Lipinski definition) is 3. The first-order chi connectivity index (χ1) is 14.0. The first-order valence-electron chi connectivity index (χ1n) is 11.3. The molecule has 4 N–H and O–H groups in total. The molecular formula is C23H34N4O2. The highest BCUT2D eigenvalue weighted by atomic mass is 16.1. The van der Waals surface area contributed by atoms with Gasteiger partial charge in [-0.3, -0.25) is 9.36 Å². The zero-order chi connectivity index (χ0) is 20.4. The highest BCUT2D eigenvalue weighted by molar-refractivity contribution is 5.96. The summed E-state index contributed by atoms with van der Waals surface area (Å²) in [6.07, 6.45) is 12.3. The molecule has 0 bridgehead atoms. The van der Waals surface area contributed by atoms with Crippen molar-refractivity contribution in [3.63, 3.8) is 0 Å². The second kappa shape index (κ2) is 8.74. The van der Waals surface area contributed by atoms with E-state index < -0.39 is 5.91 Å². The summed E-state index contributed by atoms with van der Waals surface area (Å²) in [5, 5.41) is 3.91. The van der Waals surface area contributed by atoms with E-state index in [9.17, 15) is 9.59 Å². The molecule has 2 saturated carbocycles. The number of aromatic amines is 1. The molecule has 0 aliphatic heterocycles. The molecule has 0 radical (unpaired) electrons. The molecule has 0 unspecified atom stereocenters. The summed E-state index contributed by atoms with van der Waals surface area (Å²) >= 11 is 0. The normalized spacial score (nSPS) is 27.9. The summed E-state index contributed by atoms with van der Waals surface area (Å²) in [5.74, 6) is 0.466. The van der Waals surface area contributed by atoms with Gasteiger partial charge in [0.05, 0.1) is 11.0 Å². The molecule has 1 heterocycles. The summed E-state index contributed by atoms with van der Waals surface area (Å²) in [6.45, 7) is 2.29. The Labute approximate surface area is 172 Å². The van der Waals surface area contributed by atoms with Crippen molar-refractivity contribution in [1.29, 1.82) is 0 Å². The molecule has 2 aromatic rings. The first-order valence-corrected chi connectivity index (χ1v) is 11.3. The molecule has 0 saturated heterocycles. The van der Waals surface area contributed by atoms with Crippen LogP contribution in [-0.4, -0.2) is 27.5 Å². The molecule has 1 aromatic carbocycles. The summed E-state index contributed by atoms with van der Waals surface area (Å²) in [6, 6.07) is 6.68. The van der Waals surface area contributed by atoms with Gasteiger partial charge in [-0.2, -0.15) is 0 Å². The minimum atomic E-state index is -0.476. The van der Waals surface area contributed by atoms with Crippen LogP contribution in [0.25, 0.3) is 11.0 Å². The number of rotatable bonds is 6. The van der Waals surface area contributed by atoms with Gasteiger partial charge in [-0.15, -0.1) is 0 Å². The van der Waals surface area contributed by atoms with Gasteiger partial charge in [-0.1, -0.05) is 19.8 Å². The average Bonchev–Trinajstić information content (AvgIpc) is 3.05. The van der Waals surface area contributed by atoms with Crippen molar-refractivity contribution in [2.24, 2.45) is 11.7 Å². The Hall–Kier alpha value is -2.08. The van der Waals surface area contributed by atoms with Crippen LogP contribution in [0.1, 0.15) is 87.5 Å². The van der Waals surface area contributed by atoms with Crippen LogP contribution in [0.15, 0.2) is 23.0 Å². The predicted octanol–water partition coefficient (Wildman–Crippen LogP) is 3.86. The highest BCUT2D eigenvalue weighted by Gasteiger charge is 2.28. The summed E-state index contributed by atoms with van der Waals surface area (Å²) in [4.78, 5) is 26.9. The van der Waals surface area contributed by atoms with Crippen LogP contribution in [0.2, 0.25) is 0 Å². The van der Waals surface area contributed by atoms with Gasteiger partial charge in [0.2, 0.25) is 5.91 Å². The minimum absolute atomic E-state index is 0.0905. The van der Waals surface area contributed by atoms with E-state index in [0.717, 1.165) is 37.1 Å². The summed E-state index contributed by atoms with van der Waals surface area (Å²) in [7, 11) is 0. The Balaban J connectivity index is 1.36. The number of carbonyl (C=O) groups excluding carboxylic acids is 1. The van der Waals surface area contributed by atoms with Crippen LogP contribution < -0.4 is 16.7 Å². The summed E-state index contributed by atoms with van der Waals surface area (Å²) in [5.41, 5.74) is 7.25. The molecule has 2 fully saturated rings. The van der Waals surface area contributed by atoms with Crippen molar-refractivity contribution in [3.05, 3.63) is 34.2 Å². The molecule has 158 valence electrons. The Morgan fingerprint density at radius 2 is 1.76 bits per heavy atom. The zero-order valence-corrected chi connectivity index (χ0v) is 17.5. The van der Waals surface area contributed by atoms with Crippen LogP contribution in [-0.2, 0) is 0 Å². The molecule has 2 aliphatic carbocycles. The molecule has 1 aromatic heterocycles. The van der Waals surface area contributed by atoms with E-state index in [1.54, 1.807) is 12.1 Å². The SMILES string of the molecule is CCCC1CCC(NC2CCC(n3c(=O)[nH]c4cc(C(N)=O)ccc43)CC2)CC1. The van der Waals surface area contributed by atoms with Crippen molar-refractivity contribution >= 4 is 16.9 Å². The number of fused-ring (bicyclic) bond motifs is 1. The smallest absolute Gasteiger partial charge is 0.326 e. The summed E-state index contributed by atoms with van der Waals surface area (Å²) < 4.78 is 1.88. The second-order valence-electron chi connectivity index (χ2n) is 9.07. The molecule has 0 atom stereocenters. The maximum atomic E-state index is 12.6. The number of nitrogens with one attached hydrogen (secondary N) is 2. The molecule has 29 heavy (non-hydrogen) atoms. The van der Waals surface area contributed by atoms with Crippen LogP contribution in [0.4, 0.5) is 0 Å². The Morgan fingerprint density at radius 3 is 2.38 bits per heavy atom. The lowest BCUT2D eigenvalue weighted by Gasteiger charge is -2.35. The molecular weight excluding hydrogens is 364 g/mol. The number of imidazole rings is 1. The largest absolute Gasteiger partial charge is 0.366 e. The van der Waals surface area contributed by atoms with Crippen molar-refractivity contribution in [2.75, 3.05) is 0 Å². The Morgan fingerprint density at radius 1 is 1.10 bits per heavy atom. The van der Waals surface area contributed by atoms with Crippen LogP contribution in [0.5, 0.6) is 0 Å². The van der Waals surface area contributed by atoms with E-state index in [2.05, 4.69) is 17.2 Å². The van der Waals surface area contributed by atoms with Crippen molar-refractivity contribution in [3.8, 4) is 0 Å². The van der Waals surface area contributed by atoms with Crippen LogP contribution in [0.3, 0.4) is 0 Å². The van der Waals surface area contributed by atoms with E-state index in [1.807, 2.05) is 10.6 Å². The van der Waals surface area contributed by atoms with Gasteiger partial charge in [-0.25, -0.2) is 4.79 Å². The molecule has 4 rings (SSSR count). The highest BCUT2D eigenvalue weighted by Crippen LogP contribution is 2.32. The number of amides is 1. The monoisotopic (exact) mass is 398 g/mol. The van der Waals surface area contributed by atoms with E-state index in [1.165, 1.54) is 38.5 Å². The van der Waals surface area contributed by atoms with Crippen molar-refractivity contribution in [2.45, 2.75) is 89.3 Å². The lowest BCUT2D eigenvalue weighted by atomic mass is 9.82. The lowest BCUT2D eigenvalue weighted by molar-refractivity contribution is 0.100. The first kappa shape index (κ1) is 20.2. The topological polar surface area (TPSA) is 92.9 Å². The molecule has 6 nitrogen and oxygen atoms in total. The van der Waals surface area contributed by atoms with Crippen LogP contribution >= 0.6 is 0 Å². The van der Waals surface area contributed by atoms with E-state index in [4.69, 9.17) is 5.73 Å². The maximum absolute atomic E-state index is 12.6. The van der Waals surface area contributed by atoms with Crippen molar-refractivity contribution < 1.29 is 4.79 Å². The second-order valence-corrected chi connectivity index (χ2v) is 9.07. The number of benzene rings is 1. The molecule has 6 heteroatoms. The standard InChI is InChI=1S/C23H34N4O2/c1-2-3-15-4-7-17(8-5-15)25-18-9-11-19(12-10-18)27-21-13-6-16(22(24)28)14-20(21)26-23(27)29/h6,13-15,17-19,25H,2-5,7-12H2,1H3,(H2,24,28)(H,26,29). The Bertz CT molecular complexity index is 899. The van der Waals surface area contributed by atoms with Gasteiger partial charge in [0.25, 0.3) is 0 Å². The van der Waals surface area contributed by atoms with Crippen LogP contribution in [0, 0.1) is 5.92 Å². The van der Waals surface area contributed by atoms with Crippen molar-refractivity contribution in [1.82, 2.24) is 14.9 Å². The third-order valence-electron chi connectivity index (χ3n) is 7.08. The molecule has 0 spiro atoms. The Kier molecular flexibility index (Phi) is 6.09. The minimum Gasteiger partial charge on any atom is -0.366 e. The third-order valence-corrected chi connectivity index (χ3v) is 7.08. The van der Waals surface area contributed by atoms with Gasteiger partial charge in [0.1, 0.15) is 0 Å². The zero-order valence-electron chi connectivity index (χ0n) is 17.5. The molecule has 1 amide bonds. The van der Waals surface area contributed by atoms with Gasteiger partial charge < -0.3 is 16.0 Å². The van der Waals surface area contributed by atoms with Gasteiger partial charge in [-0.05, 0) is 75.5 Å². The van der Waals surface area contributed by atoms with E-state index in [-0.39, 0.29) is 11.7 Å².